The van der Waals surface area contributed by atoms with Crippen LogP contribution in [0.4, 0.5) is 0 Å². The summed E-state index contributed by atoms with van der Waals surface area (Å²) in [5, 5.41) is 0. The molecule has 90 heavy (non-hydrogen) atoms. The molecule has 0 spiro atoms. The maximum Gasteiger partial charge on any atom is 0.306 e. The smallest absolute Gasteiger partial charge is 0.306 e. The summed E-state index contributed by atoms with van der Waals surface area (Å²) in [6.45, 7) is 3.96. The zero-order valence-electron chi connectivity index (χ0n) is 57.5. The molecular formula is C80H128NO8P. The highest BCUT2D eigenvalue weighted by Crippen LogP contribution is 2.38. The number of hydrogen-bond donors (Lipinski definition) is 0. The summed E-state index contributed by atoms with van der Waals surface area (Å²) in [5.41, 5.74) is 0. The van der Waals surface area contributed by atoms with Crippen LogP contribution in [0.15, 0.2) is 194 Å². The van der Waals surface area contributed by atoms with Gasteiger partial charge in [0.25, 0.3) is 7.82 Å². The van der Waals surface area contributed by atoms with E-state index in [2.05, 4.69) is 208 Å². The minimum atomic E-state index is -4.66. The van der Waals surface area contributed by atoms with Crippen molar-refractivity contribution < 1.29 is 42.1 Å². The summed E-state index contributed by atoms with van der Waals surface area (Å²) in [7, 11) is 1.12. The van der Waals surface area contributed by atoms with Crippen molar-refractivity contribution in [1.29, 1.82) is 0 Å². The first-order chi connectivity index (χ1) is 44.0. The Morgan fingerprint density at radius 2 is 0.600 bits per heavy atom. The number of quaternary nitrogens is 1. The Kier molecular flexibility index (Phi) is 64.3. The highest BCUT2D eigenvalue weighted by Gasteiger charge is 2.22. The van der Waals surface area contributed by atoms with Crippen LogP contribution < -0.4 is 4.89 Å². The average molecular weight is 1260 g/mol. The molecule has 0 amide bonds. The molecule has 2 atom stereocenters. The second-order valence-corrected chi connectivity index (χ2v) is 25.2. The van der Waals surface area contributed by atoms with Crippen molar-refractivity contribution in [3.8, 4) is 0 Å². The summed E-state index contributed by atoms with van der Waals surface area (Å²) in [6, 6.07) is 0. The molecule has 0 heterocycles. The summed E-state index contributed by atoms with van der Waals surface area (Å²) in [4.78, 5) is 38.1. The fourth-order valence-corrected chi connectivity index (χ4v) is 9.53. The van der Waals surface area contributed by atoms with E-state index in [-0.39, 0.29) is 26.1 Å². The molecule has 0 aromatic rings. The standard InChI is InChI=1S/C80H128NO8P/c1-6-8-10-12-14-16-18-20-22-24-26-28-30-32-34-36-37-38-39-40-41-42-43-45-47-49-51-53-55-57-59-61-63-65-67-69-71-73-80(83)89-78(77-88-90(84,85)87-75-74-81(3,4)5)76-86-79(82)72-70-68-66-64-62-60-58-56-54-52-50-48-46-44-35-33-31-29-27-25-23-21-19-17-15-13-11-9-7-2/h8-11,14-17,20-23,26-29,32-35,37-38,40-41,43,45-46,48,52,54,58,60,78H,6-7,12-13,18-19,24-25,30-31,36,39,42,44,47,49-51,53,55-57,59,61-77H2,1-5H3/b10-8-,11-9-,16-14-,17-15-,22-20-,23-21-,28-26-,29-27-,34-32-,35-33-,38-37-,41-40-,45-43-,48-46-,54-52-,60-58-. The van der Waals surface area contributed by atoms with Crippen LogP contribution in [0.25, 0.3) is 0 Å². The Morgan fingerprint density at radius 3 is 0.889 bits per heavy atom. The third-order valence-electron chi connectivity index (χ3n) is 14.1. The summed E-state index contributed by atoms with van der Waals surface area (Å²) in [5.74, 6) is -0.878. The van der Waals surface area contributed by atoms with Gasteiger partial charge in [0, 0.05) is 12.8 Å². The van der Waals surface area contributed by atoms with E-state index < -0.39 is 32.5 Å². The van der Waals surface area contributed by atoms with Crippen LogP contribution in [-0.4, -0.2) is 70.0 Å². The van der Waals surface area contributed by atoms with Crippen LogP contribution in [0.3, 0.4) is 0 Å². The number of hydrogen-bond acceptors (Lipinski definition) is 8. The number of unbranched alkanes of at least 4 members (excludes halogenated alkanes) is 16. The van der Waals surface area contributed by atoms with E-state index in [1.54, 1.807) is 0 Å². The Hall–Kier alpha value is -5.15. The number of ether oxygens (including phenoxy) is 2. The van der Waals surface area contributed by atoms with Gasteiger partial charge in [0.2, 0.25) is 0 Å². The van der Waals surface area contributed by atoms with Crippen molar-refractivity contribution in [2.24, 2.45) is 0 Å². The van der Waals surface area contributed by atoms with Crippen LogP contribution >= 0.6 is 7.82 Å². The first kappa shape index (κ1) is 84.8. The molecule has 0 aromatic heterocycles. The lowest BCUT2D eigenvalue weighted by Crippen LogP contribution is -2.37. The first-order valence-corrected chi connectivity index (χ1v) is 36.6. The zero-order valence-corrected chi connectivity index (χ0v) is 58.4. The van der Waals surface area contributed by atoms with Crippen molar-refractivity contribution in [3.05, 3.63) is 194 Å². The van der Waals surface area contributed by atoms with Crippen molar-refractivity contribution in [3.63, 3.8) is 0 Å². The van der Waals surface area contributed by atoms with Crippen LogP contribution in [0.1, 0.15) is 245 Å². The number of nitrogens with zero attached hydrogens (tertiary/aromatic N) is 1. The van der Waals surface area contributed by atoms with E-state index in [1.165, 1.54) is 51.4 Å². The summed E-state index contributed by atoms with van der Waals surface area (Å²) >= 11 is 0. The summed E-state index contributed by atoms with van der Waals surface area (Å²) in [6.07, 6.45) is 106. The molecule has 0 aromatic carbocycles. The zero-order chi connectivity index (χ0) is 65.5. The van der Waals surface area contributed by atoms with Crippen molar-refractivity contribution in [1.82, 2.24) is 0 Å². The van der Waals surface area contributed by atoms with Gasteiger partial charge >= 0.3 is 11.9 Å². The minimum absolute atomic E-state index is 0.0461. The van der Waals surface area contributed by atoms with E-state index in [0.717, 1.165) is 154 Å². The molecule has 0 N–H and O–H groups in total. The Labute approximate surface area is 552 Å². The normalized spacial score (nSPS) is 14.3. The average Bonchev–Trinajstić information content (AvgIpc) is 3.58. The monoisotopic (exact) mass is 1260 g/mol. The number of rotatable bonds is 62. The van der Waals surface area contributed by atoms with Crippen LogP contribution in [0.5, 0.6) is 0 Å². The van der Waals surface area contributed by atoms with Gasteiger partial charge in [-0.1, -0.05) is 285 Å². The molecule has 0 saturated heterocycles. The van der Waals surface area contributed by atoms with Crippen LogP contribution in [0.2, 0.25) is 0 Å². The van der Waals surface area contributed by atoms with E-state index in [1.807, 2.05) is 21.1 Å². The predicted octanol–water partition coefficient (Wildman–Crippen LogP) is 22.6. The summed E-state index contributed by atoms with van der Waals surface area (Å²) < 4.78 is 34.3. The molecule has 9 nitrogen and oxygen atoms in total. The molecule has 2 unspecified atom stereocenters. The number of allylic oxidation sites excluding steroid dienone is 32. The van der Waals surface area contributed by atoms with Crippen LogP contribution in [0, 0.1) is 0 Å². The van der Waals surface area contributed by atoms with Crippen molar-refractivity contribution in [2.45, 2.75) is 251 Å². The molecular weight excluding hydrogens is 1130 g/mol. The van der Waals surface area contributed by atoms with Gasteiger partial charge in [0.05, 0.1) is 27.7 Å². The first-order valence-electron chi connectivity index (χ1n) is 35.1. The maximum atomic E-state index is 12.9. The van der Waals surface area contributed by atoms with Crippen molar-refractivity contribution >= 4 is 19.8 Å². The number of carbonyl (C=O) groups is 2. The quantitative estimate of drug-likeness (QED) is 0.0195. The van der Waals surface area contributed by atoms with Gasteiger partial charge in [-0.15, -0.1) is 0 Å². The van der Waals surface area contributed by atoms with Gasteiger partial charge in [0.1, 0.15) is 19.8 Å². The van der Waals surface area contributed by atoms with Gasteiger partial charge in [-0.05, 0) is 141 Å². The minimum Gasteiger partial charge on any atom is -0.756 e. The third-order valence-corrected chi connectivity index (χ3v) is 15.1. The largest absolute Gasteiger partial charge is 0.756 e. The molecule has 0 radical (unpaired) electrons. The molecule has 0 aliphatic rings. The molecule has 0 aliphatic heterocycles. The lowest BCUT2D eigenvalue weighted by molar-refractivity contribution is -0.870. The Morgan fingerprint density at radius 1 is 0.344 bits per heavy atom. The van der Waals surface area contributed by atoms with Crippen LogP contribution in [-0.2, 0) is 32.7 Å². The van der Waals surface area contributed by atoms with Gasteiger partial charge in [-0.3, -0.25) is 14.2 Å². The lowest BCUT2D eigenvalue weighted by atomic mass is 10.0. The Bertz CT molecular complexity index is 2220. The van der Waals surface area contributed by atoms with E-state index in [9.17, 15) is 19.0 Å². The number of phosphoric ester groups is 1. The Balaban J connectivity index is 4.17. The third kappa shape index (κ3) is 71.9. The highest BCUT2D eigenvalue weighted by molar-refractivity contribution is 7.45. The second kappa shape index (κ2) is 68.2. The van der Waals surface area contributed by atoms with Gasteiger partial charge in [-0.25, -0.2) is 0 Å². The molecule has 10 heteroatoms. The van der Waals surface area contributed by atoms with E-state index >= 15 is 0 Å². The topological polar surface area (TPSA) is 111 Å². The molecule has 0 saturated carbocycles. The predicted molar refractivity (Wildman–Crippen MR) is 387 cm³/mol. The SMILES string of the molecule is CC/C=C\C/C=C\C/C=C\C/C=C\C/C=C\C/C=C\C/C=C\C/C=C\CCCCCCCCCCCCCCC(=O)OC(COC(=O)CCCCCC/C=C\C/C=C\C/C=C\C/C=C\C/C=C\C/C=C\C/C=C\C/C=C\CC)COP(=O)([O-])OCC[N+](C)(C)C. The molecule has 506 valence electrons. The molecule has 0 fully saturated rings. The number of phosphoric acid groups is 1. The molecule has 0 bridgehead atoms. The lowest BCUT2D eigenvalue weighted by Gasteiger charge is -2.28. The van der Waals surface area contributed by atoms with Crippen molar-refractivity contribution in [2.75, 3.05) is 47.5 Å². The fourth-order valence-electron chi connectivity index (χ4n) is 8.80. The van der Waals surface area contributed by atoms with E-state index in [0.29, 0.717) is 23.9 Å². The number of esters is 2. The van der Waals surface area contributed by atoms with Gasteiger partial charge < -0.3 is 27.9 Å². The van der Waals surface area contributed by atoms with E-state index in [4.69, 9.17) is 18.5 Å². The molecule has 0 rings (SSSR count). The number of carbonyl (C=O) groups excluding carboxylic acids is 2. The number of likely N-dealkylation sites (N-methyl/N-ethyl adjacent to an activating group) is 1. The fraction of sp³-hybridized carbons (Fsp3) is 0.575. The second-order valence-electron chi connectivity index (χ2n) is 23.8. The van der Waals surface area contributed by atoms with Gasteiger partial charge in [0.15, 0.2) is 6.10 Å². The van der Waals surface area contributed by atoms with Gasteiger partial charge in [-0.2, -0.15) is 0 Å². The molecule has 0 aliphatic carbocycles. The highest BCUT2D eigenvalue weighted by atomic mass is 31.2. The maximum absolute atomic E-state index is 12.9.